The van der Waals surface area contributed by atoms with Gasteiger partial charge in [0.25, 0.3) is 11.8 Å². The van der Waals surface area contributed by atoms with Crippen molar-refractivity contribution in [1.82, 2.24) is 19.6 Å². The molecule has 1 fully saturated rings. The van der Waals surface area contributed by atoms with E-state index in [1.54, 1.807) is 35.2 Å². The number of hydrogen-bond acceptors (Lipinski definition) is 4. The lowest BCUT2D eigenvalue weighted by molar-refractivity contribution is -0.136. The molecule has 7 nitrogen and oxygen atoms in total. The fraction of sp³-hybridized carbons (Fsp3) is 0.174. The number of benzene rings is 1. The first-order valence-electron chi connectivity index (χ1n) is 10.2. The van der Waals surface area contributed by atoms with Crippen LogP contribution in [0.3, 0.4) is 0 Å². The van der Waals surface area contributed by atoms with E-state index in [9.17, 15) is 22.8 Å². The summed E-state index contributed by atoms with van der Waals surface area (Å²) >= 11 is 6.30. The van der Waals surface area contributed by atoms with Gasteiger partial charge in [-0.2, -0.15) is 13.2 Å². The Morgan fingerprint density at radius 3 is 2.50 bits per heavy atom. The van der Waals surface area contributed by atoms with E-state index < -0.39 is 23.3 Å². The molecule has 34 heavy (non-hydrogen) atoms. The van der Waals surface area contributed by atoms with E-state index in [1.807, 2.05) is 0 Å². The van der Waals surface area contributed by atoms with Gasteiger partial charge in [-0.05, 0) is 24.3 Å². The molecule has 1 aliphatic heterocycles. The maximum absolute atomic E-state index is 13.8. The maximum Gasteiger partial charge on any atom is 0.420 e. The molecule has 3 aromatic heterocycles. The third-order valence-electron chi connectivity index (χ3n) is 5.56. The lowest BCUT2D eigenvalue weighted by Crippen LogP contribution is -2.61. The van der Waals surface area contributed by atoms with Gasteiger partial charge < -0.3 is 14.6 Å². The third kappa shape index (κ3) is 3.90. The van der Waals surface area contributed by atoms with Crippen LogP contribution in [0.4, 0.5) is 13.2 Å². The number of alkyl halides is 3. The predicted octanol–water partition coefficient (Wildman–Crippen LogP) is 4.52. The maximum atomic E-state index is 13.8. The van der Waals surface area contributed by atoms with Crippen LogP contribution in [-0.2, 0) is 6.18 Å². The van der Waals surface area contributed by atoms with E-state index in [0.717, 1.165) is 10.5 Å². The number of likely N-dealkylation sites (tertiary alicyclic amines) is 1. The van der Waals surface area contributed by atoms with Crippen molar-refractivity contribution in [2.24, 2.45) is 0 Å². The highest BCUT2D eigenvalue weighted by molar-refractivity contribution is 6.33. The van der Waals surface area contributed by atoms with Gasteiger partial charge in [0.1, 0.15) is 5.15 Å². The summed E-state index contributed by atoms with van der Waals surface area (Å²) in [5, 5.41) is 2.43. The van der Waals surface area contributed by atoms with Crippen molar-refractivity contribution in [3.05, 3.63) is 83.2 Å². The molecule has 0 aliphatic carbocycles. The Labute approximate surface area is 195 Å². The van der Waals surface area contributed by atoms with Gasteiger partial charge in [-0.3, -0.25) is 14.0 Å². The Morgan fingerprint density at radius 2 is 1.85 bits per heavy atom. The quantitative estimate of drug-likeness (QED) is 0.458. The molecule has 1 aliphatic rings. The highest BCUT2D eigenvalue weighted by Gasteiger charge is 2.37. The molecule has 4 heterocycles. The number of furan rings is 1. The van der Waals surface area contributed by atoms with E-state index in [2.05, 4.69) is 10.3 Å². The summed E-state index contributed by atoms with van der Waals surface area (Å²) in [5.74, 6) is -0.887. The number of halogens is 4. The number of hydrogen-bond donors (Lipinski definition) is 1. The Kier molecular flexibility index (Phi) is 5.32. The molecule has 4 aromatic rings. The molecular weight excluding hydrogens is 473 g/mol. The van der Waals surface area contributed by atoms with Crippen molar-refractivity contribution < 1.29 is 27.2 Å². The SMILES string of the molecule is O=C(NC1CN(C(=O)c2ccccc2)C1)c1nc2c(C(F)(F)F)cc(-c3ccoc3)cn2c1Cl. The van der Waals surface area contributed by atoms with Gasteiger partial charge >= 0.3 is 6.18 Å². The molecular formula is C23H16ClF3N4O3. The minimum Gasteiger partial charge on any atom is -0.472 e. The summed E-state index contributed by atoms with van der Waals surface area (Å²) in [6.45, 7) is 0.534. The Hall–Kier alpha value is -3.79. The monoisotopic (exact) mass is 488 g/mol. The number of imidazole rings is 1. The molecule has 0 radical (unpaired) electrons. The number of pyridine rings is 1. The van der Waals surface area contributed by atoms with E-state index >= 15 is 0 Å². The average Bonchev–Trinajstić information content (AvgIpc) is 3.43. The zero-order valence-corrected chi connectivity index (χ0v) is 18.1. The normalized spacial score (nSPS) is 14.3. The number of fused-ring (bicyclic) bond motifs is 1. The molecule has 0 spiro atoms. The number of carbonyl (C=O) groups is 2. The summed E-state index contributed by atoms with van der Waals surface area (Å²) in [6.07, 6.45) is -0.717. The van der Waals surface area contributed by atoms with Crippen LogP contribution in [0, 0.1) is 0 Å². The van der Waals surface area contributed by atoms with Crippen LogP contribution < -0.4 is 5.32 Å². The summed E-state index contributed by atoms with van der Waals surface area (Å²) in [6, 6.07) is 10.8. The zero-order valence-electron chi connectivity index (χ0n) is 17.3. The van der Waals surface area contributed by atoms with Crippen LogP contribution in [0.5, 0.6) is 0 Å². The molecule has 1 saturated heterocycles. The van der Waals surface area contributed by atoms with Crippen LogP contribution >= 0.6 is 11.6 Å². The van der Waals surface area contributed by atoms with E-state index in [0.29, 0.717) is 11.1 Å². The van der Waals surface area contributed by atoms with Crippen LogP contribution in [-0.4, -0.2) is 45.2 Å². The largest absolute Gasteiger partial charge is 0.472 e. The second kappa shape index (κ2) is 8.21. The lowest BCUT2D eigenvalue weighted by Gasteiger charge is -2.39. The molecule has 174 valence electrons. The molecule has 5 rings (SSSR count). The first-order chi connectivity index (χ1) is 16.2. The van der Waals surface area contributed by atoms with Gasteiger partial charge in [0.2, 0.25) is 0 Å². The topological polar surface area (TPSA) is 79.8 Å². The van der Waals surface area contributed by atoms with Crippen molar-refractivity contribution in [2.75, 3.05) is 13.1 Å². The van der Waals surface area contributed by atoms with Crippen molar-refractivity contribution in [2.45, 2.75) is 12.2 Å². The fourth-order valence-electron chi connectivity index (χ4n) is 3.81. The van der Waals surface area contributed by atoms with Crippen molar-refractivity contribution in [3.8, 4) is 11.1 Å². The Bertz CT molecular complexity index is 1380. The van der Waals surface area contributed by atoms with Crippen LogP contribution in [0.1, 0.15) is 26.4 Å². The molecule has 0 saturated carbocycles. The second-order valence-electron chi connectivity index (χ2n) is 7.84. The predicted molar refractivity (Wildman–Crippen MR) is 117 cm³/mol. The molecule has 1 N–H and O–H groups in total. The van der Waals surface area contributed by atoms with Gasteiger partial charge in [-0.1, -0.05) is 29.8 Å². The lowest BCUT2D eigenvalue weighted by atomic mass is 10.1. The third-order valence-corrected chi connectivity index (χ3v) is 5.92. The highest BCUT2D eigenvalue weighted by Crippen LogP contribution is 2.37. The van der Waals surface area contributed by atoms with Gasteiger partial charge in [0.05, 0.1) is 24.1 Å². The first-order valence-corrected chi connectivity index (χ1v) is 10.6. The standard InChI is InChI=1S/C23H16ClF3N4O3/c24-19-18(21(32)28-16-10-30(11-16)22(33)13-4-2-1-3-5-13)29-20-17(23(25,26)27)8-15(9-31(19)20)14-6-7-34-12-14/h1-9,12,16H,10-11H2,(H,28,32). The van der Waals surface area contributed by atoms with Gasteiger partial charge in [-0.15, -0.1) is 0 Å². The average molecular weight is 489 g/mol. The van der Waals surface area contributed by atoms with Crippen molar-refractivity contribution in [1.29, 1.82) is 0 Å². The number of nitrogens with zero attached hydrogens (tertiary/aromatic N) is 3. The summed E-state index contributed by atoms with van der Waals surface area (Å²) in [7, 11) is 0. The second-order valence-corrected chi connectivity index (χ2v) is 8.20. The van der Waals surface area contributed by atoms with Gasteiger partial charge in [0, 0.05) is 36.0 Å². The van der Waals surface area contributed by atoms with Crippen LogP contribution in [0.2, 0.25) is 5.15 Å². The Balaban J connectivity index is 1.38. The number of rotatable bonds is 4. The van der Waals surface area contributed by atoms with Crippen molar-refractivity contribution in [3.63, 3.8) is 0 Å². The molecule has 0 unspecified atom stereocenters. The number of carbonyl (C=O) groups excluding carboxylic acids is 2. The molecule has 2 amide bonds. The number of aromatic nitrogens is 2. The van der Waals surface area contributed by atoms with E-state index in [-0.39, 0.29) is 41.4 Å². The molecule has 1 aromatic carbocycles. The van der Waals surface area contributed by atoms with Crippen LogP contribution in [0.25, 0.3) is 16.8 Å². The highest BCUT2D eigenvalue weighted by atomic mass is 35.5. The smallest absolute Gasteiger partial charge is 0.420 e. The van der Waals surface area contributed by atoms with E-state index in [1.165, 1.54) is 24.8 Å². The zero-order chi connectivity index (χ0) is 24.0. The summed E-state index contributed by atoms with van der Waals surface area (Å²) in [4.78, 5) is 30.7. The summed E-state index contributed by atoms with van der Waals surface area (Å²) < 4.78 is 47.3. The van der Waals surface area contributed by atoms with E-state index in [4.69, 9.17) is 16.0 Å². The van der Waals surface area contributed by atoms with Crippen LogP contribution in [0.15, 0.2) is 65.6 Å². The molecule has 0 bridgehead atoms. The minimum absolute atomic E-state index is 0.168. The summed E-state index contributed by atoms with van der Waals surface area (Å²) in [5.41, 5.74) is -0.692. The number of amides is 2. The van der Waals surface area contributed by atoms with Gasteiger partial charge in [0.15, 0.2) is 11.3 Å². The fourth-order valence-corrected chi connectivity index (χ4v) is 4.07. The molecule has 11 heteroatoms. The van der Waals surface area contributed by atoms with Crippen molar-refractivity contribution >= 4 is 29.1 Å². The Morgan fingerprint density at radius 1 is 1.12 bits per heavy atom. The minimum atomic E-state index is -4.73. The number of nitrogens with one attached hydrogen (secondary N) is 1. The van der Waals surface area contributed by atoms with Gasteiger partial charge in [-0.25, -0.2) is 4.98 Å². The first kappa shape index (κ1) is 22.0. The molecule has 0 atom stereocenters.